The van der Waals surface area contributed by atoms with Gasteiger partial charge in [-0.05, 0) is 54.1 Å². The molecule has 6 nitrogen and oxygen atoms in total. The number of hydrogen-bond acceptors (Lipinski definition) is 4. The first-order chi connectivity index (χ1) is 13.7. The number of rotatable bonds is 5. The largest absolute Gasteiger partial charge is 0.394 e. The van der Waals surface area contributed by atoms with Crippen LogP contribution in [0.1, 0.15) is 0 Å². The molecule has 0 bridgehead atoms. The lowest BCUT2D eigenvalue weighted by Crippen LogP contribution is -2.13. The van der Waals surface area contributed by atoms with Crippen LogP contribution < -0.4 is 5.56 Å². The van der Waals surface area contributed by atoms with Crippen LogP contribution in [0.2, 0.25) is 0 Å². The van der Waals surface area contributed by atoms with Crippen molar-refractivity contribution in [3.05, 3.63) is 83.3 Å². The molecule has 0 amide bonds. The molecule has 0 radical (unpaired) electrons. The van der Waals surface area contributed by atoms with Crippen molar-refractivity contribution >= 4 is 0 Å². The van der Waals surface area contributed by atoms with Crippen LogP contribution in [0.25, 0.3) is 33.6 Å². The molecular formula is C21H17FN4O2. The van der Waals surface area contributed by atoms with Gasteiger partial charge in [0.05, 0.1) is 24.4 Å². The van der Waals surface area contributed by atoms with Crippen LogP contribution in [0.15, 0.2) is 71.9 Å². The highest BCUT2D eigenvalue weighted by Crippen LogP contribution is 2.38. The third-order valence-corrected chi connectivity index (χ3v) is 4.42. The molecule has 4 rings (SSSR count). The standard InChI is InChI=1S/C21H17FN4O2/c22-16-5-3-15(4-6-16)19-18(14-7-10-23-11-8-14)20(26(25-19)12-13-27)17-2-1-9-24-21(17)28/h1-11,27H,12-13H2,(H,24,28). The monoisotopic (exact) mass is 376 g/mol. The van der Waals surface area contributed by atoms with Crippen LogP contribution in [-0.2, 0) is 6.54 Å². The lowest BCUT2D eigenvalue weighted by atomic mass is 9.97. The molecule has 7 heteroatoms. The molecule has 0 aliphatic heterocycles. The molecule has 0 fully saturated rings. The van der Waals surface area contributed by atoms with Crippen LogP contribution in [0.4, 0.5) is 4.39 Å². The third kappa shape index (κ3) is 3.23. The first kappa shape index (κ1) is 17.8. The third-order valence-electron chi connectivity index (χ3n) is 4.42. The van der Waals surface area contributed by atoms with Gasteiger partial charge in [-0.3, -0.25) is 14.5 Å². The van der Waals surface area contributed by atoms with Gasteiger partial charge in [0, 0.05) is 29.7 Å². The van der Waals surface area contributed by atoms with Gasteiger partial charge < -0.3 is 10.1 Å². The second kappa shape index (κ2) is 7.58. The molecule has 3 aromatic heterocycles. The van der Waals surface area contributed by atoms with E-state index in [9.17, 15) is 14.3 Å². The maximum atomic E-state index is 13.4. The van der Waals surface area contributed by atoms with Crippen molar-refractivity contribution in [3.63, 3.8) is 0 Å². The van der Waals surface area contributed by atoms with Gasteiger partial charge in [0.15, 0.2) is 0 Å². The highest BCUT2D eigenvalue weighted by Gasteiger charge is 2.23. The zero-order valence-corrected chi connectivity index (χ0v) is 14.8. The number of pyridine rings is 2. The van der Waals surface area contributed by atoms with Crippen molar-refractivity contribution < 1.29 is 9.50 Å². The van der Waals surface area contributed by atoms with Gasteiger partial charge in [0.2, 0.25) is 0 Å². The summed E-state index contributed by atoms with van der Waals surface area (Å²) in [6, 6.07) is 13.1. The van der Waals surface area contributed by atoms with Crippen LogP contribution >= 0.6 is 0 Å². The lowest BCUT2D eigenvalue weighted by molar-refractivity contribution is 0.270. The highest BCUT2D eigenvalue weighted by atomic mass is 19.1. The van der Waals surface area contributed by atoms with Gasteiger partial charge in [-0.1, -0.05) is 0 Å². The summed E-state index contributed by atoms with van der Waals surface area (Å²) in [5.41, 5.74) is 3.60. The van der Waals surface area contributed by atoms with Crippen molar-refractivity contribution in [1.82, 2.24) is 19.7 Å². The fraction of sp³-hybridized carbons (Fsp3) is 0.0952. The molecule has 28 heavy (non-hydrogen) atoms. The molecule has 0 saturated heterocycles. The average molecular weight is 376 g/mol. The Morgan fingerprint density at radius 2 is 1.79 bits per heavy atom. The fourth-order valence-corrected chi connectivity index (χ4v) is 3.20. The molecule has 0 spiro atoms. The molecule has 4 aromatic rings. The normalized spacial score (nSPS) is 10.9. The summed E-state index contributed by atoms with van der Waals surface area (Å²) >= 11 is 0. The lowest BCUT2D eigenvalue weighted by Gasteiger charge is -2.09. The van der Waals surface area contributed by atoms with Crippen molar-refractivity contribution in [2.24, 2.45) is 0 Å². The Bertz CT molecular complexity index is 1150. The Morgan fingerprint density at radius 3 is 2.46 bits per heavy atom. The fourth-order valence-electron chi connectivity index (χ4n) is 3.20. The molecule has 0 aliphatic carbocycles. The van der Waals surface area contributed by atoms with Crippen LogP contribution in [0.5, 0.6) is 0 Å². The van der Waals surface area contributed by atoms with Crippen molar-refractivity contribution in [2.75, 3.05) is 6.61 Å². The first-order valence-corrected chi connectivity index (χ1v) is 8.75. The minimum Gasteiger partial charge on any atom is -0.394 e. The van der Waals surface area contributed by atoms with Crippen molar-refractivity contribution in [1.29, 1.82) is 0 Å². The number of nitrogens with zero attached hydrogens (tertiary/aromatic N) is 3. The second-order valence-corrected chi connectivity index (χ2v) is 6.17. The molecule has 3 heterocycles. The van der Waals surface area contributed by atoms with E-state index in [1.807, 2.05) is 12.1 Å². The summed E-state index contributed by atoms with van der Waals surface area (Å²) < 4.78 is 15.0. The summed E-state index contributed by atoms with van der Waals surface area (Å²) in [4.78, 5) is 19.3. The zero-order valence-electron chi connectivity index (χ0n) is 14.8. The summed E-state index contributed by atoms with van der Waals surface area (Å²) in [6.45, 7) is 0.0704. The average Bonchev–Trinajstić information content (AvgIpc) is 3.09. The second-order valence-electron chi connectivity index (χ2n) is 6.17. The van der Waals surface area contributed by atoms with Gasteiger partial charge in [-0.2, -0.15) is 5.10 Å². The predicted molar refractivity (Wildman–Crippen MR) is 104 cm³/mol. The predicted octanol–water partition coefficient (Wildman–Crippen LogP) is 3.10. The van der Waals surface area contributed by atoms with Gasteiger partial charge in [-0.25, -0.2) is 4.39 Å². The molecule has 0 unspecified atom stereocenters. The Hall–Kier alpha value is -3.58. The minimum atomic E-state index is -0.344. The SMILES string of the molecule is O=c1[nH]cccc1-c1c(-c2ccncc2)c(-c2ccc(F)cc2)nn1CCO. The van der Waals surface area contributed by atoms with Crippen molar-refractivity contribution in [2.45, 2.75) is 6.54 Å². The Labute approximate surface area is 160 Å². The number of benzene rings is 1. The van der Waals surface area contributed by atoms with Gasteiger partial charge >= 0.3 is 0 Å². The Morgan fingerprint density at radius 1 is 1.04 bits per heavy atom. The molecular weight excluding hydrogens is 359 g/mol. The molecule has 0 saturated carbocycles. The number of aliphatic hydroxyl groups excluding tert-OH is 1. The smallest absolute Gasteiger partial charge is 0.257 e. The minimum absolute atomic E-state index is 0.141. The zero-order chi connectivity index (χ0) is 19.5. The number of halogens is 1. The maximum Gasteiger partial charge on any atom is 0.257 e. The molecule has 140 valence electrons. The summed E-state index contributed by atoms with van der Waals surface area (Å²) in [6.07, 6.45) is 4.88. The molecule has 1 aromatic carbocycles. The Balaban J connectivity index is 2.07. The molecule has 0 aliphatic rings. The van der Waals surface area contributed by atoms with E-state index in [2.05, 4.69) is 15.1 Å². The van der Waals surface area contributed by atoms with E-state index in [4.69, 9.17) is 0 Å². The number of H-pyrrole nitrogens is 1. The van der Waals surface area contributed by atoms with E-state index in [1.165, 1.54) is 12.1 Å². The van der Waals surface area contributed by atoms with E-state index in [0.717, 1.165) is 11.1 Å². The van der Waals surface area contributed by atoms with Crippen LogP contribution in [-0.4, -0.2) is 31.5 Å². The van der Waals surface area contributed by atoms with Gasteiger partial charge in [-0.15, -0.1) is 0 Å². The quantitative estimate of drug-likeness (QED) is 0.561. The first-order valence-electron chi connectivity index (χ1n) is 8.75. The number of aliphatic hydroxyl groups is 1. The van der Waals surface area contributed by atoms with E-state index >= 15 is 0 Å². The molecule has 0 atom stereocenters. The topological polar surface area (TPSA) is 83.8 Å². The van der Waals surface area contributed by atoms with Crippen molar-refractivity contribution in [3.8, 4) is 33.6 Å². The van der Waals surface area contributed by atoms with Gasteiger partial charge in [0.1, 0.15) is 11.5 Å². The molecule has 2 N–H and O–H groups in total. The van der Waals surface area contributed by atoms with E-state index in [1.54, 1.807) is 47.5 Å². The van der Waals surface area contributed by atoms with E-state index in [-0.39, 0.29) is 24.5 Å². The van der Waals surface area contributed by atoms with Crippen LogP contribution in [0, 0.1) is 5.82 Å². The summed E-state index contributed by atoms with van der Waals surface area (Å²) in [5, 5.41) is 14.2. The van der Waals surface area contributed by atoms with Crippen LogP contribution in [0.3, 0.4) is 0 Å². The number of aromatic nitrogens is 4. The maximum absolute atomic E-state index is 13.4. The summed E-state index contributed by atoms with van der Waals surface area (Å²) in [5.74, 6) is -0.344. The van der Waals surface area contributed by atoms with E-state index in [0.29, 0.717) is 22.5 Å². The van der Waals surface area contributed by atoms with Gasteiger partial charge in [0.25, 0.3) is 5.56 Å². The summed E-state index contributed by atoms with van der Waals surface area (Å²) in [7, 11) is 0. The number of hydrogen-bond donors (Lipinski definition) is 2. The highest BCUT2D eigenvalue weighted by molar-refractivity contribution is 5.91. The number of aromatic amines is 1. The number of nitrogens with one attached hydrogen (secondary N) is 1. The Kier molecular flexibility index (Phi) is 4.82. The van der Waals surface area contributed by atoms with E-state index < -0.39 is 0 Å².